The van der Waals surface area contributed by atoms with E-state index in [-0.39, 0.29) is 12.6 Å². The van der Waals surface area contributed by atoms with Crippen LogP contribution >= 0.6 is 0 Å². The Balaban J connectivity index is 2.16. The Kier molecular flexibility index (Phi) is 3.78. The van der Waals surface area contributed by atoms with Crippen LogP contribution in [0.2, 0.25) is 0 Å². The number of nitrogens with zero attached hydrogens (tertiary/aromatic N) is 2. The van der Waals surface area contributed by atoms with Crippen LogP contribution in [-0.2, 0) is 6.54 Å². The summed E-state index contributed by atoms with van der Waals surface area (Å²) in [5.74, 6) is -0.493. The summed E-state index contributed by atoms with van der Waals surface area (Å²) in [6, 6.07) is 3.67. The fourth-order valence-corrected chi connectivity index (χ4v) is 1.71. The molecule has 0 amide bonds. The van der Waals surface area contributed by atoms with Crippen molar-refractivity contribution in [1.82, 2.24) is 14.9 Å². The van der Waals surface area contributed by atoms with Gasteiger partial charge in [0, 0.05) is 18.8 Å². The minimum Gasteiger partial charge on any atom is -0.406 e. The van der Waals surface area contributed by atoms with Crippen LogP contribution in [0.15, 0.2) is 27.5 Å². The zero-order valence-electron chi connectivity index (χ0n) is 10.5. The van der Waals surface area contributed by atoms with E-state index in [1.807, 2.05) is 13.8 Å². The average molecular weight is 251 g/mol. The molecule has 2 rings (SSSR count). The van der Waals surface area contributed by atoms with E-state index in [0.717, 1.165) is 0 Å². The van der Waals surface area contributed by atoms with E-state index in [9.17, 15) is 9.90 Å². The maximum Gasteiger partial charge on any atom is 0.421 e. The van der Waals surface area contributed by atoms with Gasteiger partial charge < -0.3 is 14.8 Å². The van der Waals surface area contributed by atoms with Gasteiger partial charge in [0.1, 0.15) is 0 Å². The topological polar surface area (TPSA) is 80.3 Å². The molecule has 2 heterocycles. The molecule has 6 nitrogen and oxygen atoms in total. The van der Waals surface area contributed by atoms with Crippen LogP contribution in [0, 0.1) is 0 Å². The Morgan fingerprint density at radius 1 is 1.56 bits per heavy atom. The number of rotatable bonds is 5. The van der Waals surface area contributed by atoms with E-state index in [2.05, 4.69) is 10.3 Å². The van der Waals surface area contributed by atoms with E-state index in [1.165, 1.54) is 4.57 Å². The lowest BCUT2D eigenvalue weighted by molar-refractivity contribution is 0.147. The van der Waals surface area contributed by atoms with Crippen LogP contribution in [-0.4, -0.2) is 33.3 Å². The van der Waals surface area contributed by atoms with Gasteiger partial charge in [-0.2, -0.15) is 0 Å². The molecule has 2 N–H and O–H groups in total. The van der Waals surface area contributed by atoms with Crippen LogP contribution in [0.1, 0.15) is 13.8 Å². The fourth-order valence-electron chi connectivity index (χ4n) is 1.71. The molecule has 0 bridgehead atoms. The van der Waals surface area contributed by atoms with E-state index in [1.54, 1.807) is 18.3 Å². The third-order valence-corrected chi connectivity index (χ3v) is 2.58. The first-order valence-corrected chi connectivity index (χ1v) is 5.93. The summed E-state index contributed by atoms with van der Waals surface area (Å²) in [4.78, 5) is 15.7. The van der Waals surface area contributed by atoms with Crippen molar-refractivity contribution in [2.45, 2.75) is 32.5 Å². The SMILES string of the molecule is CC(C)NCC(O)Cn1c(=O)oc2cccnc21. The summed E-state index contributed by atoms with van der Waals surface area (Å²) in [5, 5.41) is 13.0. The summed E-state index contributed by atoms with van der Waals surface area (Å²) in [6.07, 6.45) is 0.930. The Hall–Kier alpha value is -1.66. The van der Waals surface area contributed by atoms with Gasteiger partial charge in [-0.05, 0) is 12.1 Å². The van der Waals surface area contributed by atoms with Crippen molar-refractivity contribution in [1.29, 1.82) is 0 Å². The molecular formula is C12H17N3O3. The van der Waals surface area contributed by atoms with E-state index < -0.39 is 11.9 Å². The van der Waals surface area contributed by atoms with Crippen molar-refractivity contribution < 1.29 is 9.52 Å². The van der Waals surface area contributed by atoms with Gasteiger partial charge in [-0.15, -0.1) is 0 Å². The average Bonchev–Trinajstić information content (AvgIpc) is 2.64. The summed E-state index contributed by atoms with van der Waals surface area (Å²) in [6.45, 7) is 4.58. The van der Waals surface area contributed by atoms with Crippen LogP contribution in [0.4, 0.5) is 0 Å². The number of pyridine rings is 1. The summed E-state index contributed by atoms with van der Waals surface area (Å²) in [5.41, 5.74) is 0.901. The first kappa shape index (κ1) is 12.8. The molecular weight excluding hydrogens is 234 g/mol. The molecule has 0 radical (unpaired) electrons. The van der Waals surface area contributed by atoms with Crippen molar-refractivity contribution >= 4 is 11.2 Å². The largest absolute Gasteiger partial charge is 0.421 e. The minimum atomic E-state index is -0.659. The molecule has 6 heteroatoms. The van der Waals surface area contributed by atoms with Crippen molar-refractivity contribution in [2.24, 2.45) is 0 Å². The van der Waals surface area contributed by atoms with Crippen molar-refractivity contribution in [3.8, 4) is 0 Å². The number of nitrogens with one attached hydrogen (secondary N) is 1. The summed E-state index contributed by atoms with van der Waals surface area (Å²) >= 11 is 0. The van der Waals surface area contributed by atoms with Crippen LogP contribution in [0.3, 0.4) is 0 Å². The lowest BCUT2D eigenvalue weighted by atomic mass is 10.3. The zero-order chi connectivity index (χ0) is 13.1. The number of hydrogen-bond donors (Lipinski definition) is 2. The van der Waals surface area contributed by atoms with Crippen molar-refractivity contribution in [3.63, 3.8) is 0 Å². The van der Waals surface area contributed by atoms with E-state index >= 15 is 0 Å². The van der Waals surface area contributed by atoms with Gasteiger partial charge in [0.25, 0.3) is 0 Å². The van der Waals surface area contributed by atoms with Crippen LogP contribution in [0.25, 0.3) is 11.2 Å². The Morgan fingerprint density at radius 2 is 2.33 bits per heavy atom. The molecule has 2 aromatic rings. The smallest absolute Gasteiger partial charge is 0.406 e. The lowest BCUT2D eigenvalue weighted by Gasteiger charge is -2.13. The number of aliphatic hydroxyl groups excluding tert-OH is 1. The first-order chi connectivity index (χ1) is 8.58. The predicted molar refractivity (Wildman–Crippen MR) is 67.4 cm³/mol. The summed E-state index contributed by atoms with van der Waals surface area (Å²) < 4.78 is 6.39. The predicted octanol–water partition coefficient (Wildman–Crippen LogP) is 0.348. The first-order valence-electron chi connectivity index (χ1n) is 5.93. The molecule has 18 heavy (non-hydrogen) atoms. The Bertz CT molecular complexity index is 573. The van der Waals surface area contributed by atoms with Crippen LogP contribution in [0.5, 0.6) is 0 Å². The van der Waals surface area contributed by atoms with Gasteiger partial charge in [0.2, 0.25) is 0 Å². The van der Waals surface area contributed by atoms with Crippen molar-refractivity contribution in [3.05, 3.63) is 28.9 Å². The summed E-state index contributed by atoms with van der Waals surface area (Å²) in [7, 11) is 0. The number of oxazole rings is 1. The number of aromatic nitrogens is 2. The molecule has 0 aliphatic rings. The molecule has 0 fully saturated rings. The molecule has 98 valence electrons. The van der Waals surface area contributed by atoms with Gasteiger partial charge in [-0.3, -0.25) is 4.57 Å². The highest BCUT2D eigenvalue weighted by Crippen LogP contribution is 2.08. The lowest BCUT2D eigenvalue weighted by Crippen LogP contribution is -2.35. The molecule has 0 saturated carbocycles. The monoisotopic (exact) mass is 251 g/mol. The zero-order valence-corrected chi connectivity index (χ0v) is 10.5. The molecule has 2 aromatic heterocycles. The third kappa shape index (κ3) is 2.77. The molecule has 1 atom stereocenters. The number of hydrogen-bond acceptors (Lipinski definition) is 5. The third-order valence-electron chi connectivity index (χ3n) is 2.58. The second kappa shape index (κ2) is 5.32. The highest BCUT2D eigenvalue weighted by molar-refractivity contribution is 5.67. The van der Waals surface area contributed by atoms with Gasteiger partial charge in [0.15, 0.2) is 11.2 Å². The molecule has 0 aromatic carbocycles. The van der Waals surface area contributed by atoms with Gasteiger partial charge in [0.05, 0.1) is 12.6 Å². The maximum atomic E-state index is 11.6. The quantitative estimate of drug-likeness (QED) is 0.801. The molecule has 0 aliphatic heterocycles. The molecule has 0 aliphatic carbocycles. The number of fused-ring (bicyclic) bond motifs is 1. The number of aliphatic hydroxyl groups is 1. The second-order valence-corrected chi connectivity index (χ2v) is 4.52. The van der Waals surface area contributed by atoms with Crippen LogP contribution < -0.4 is 11.1 Å². The van der Waals surface area contributed by atoms with E-state index in [0.29, 0.717) is 17.8 Å². The van der Waals surface area contributed by atoms with Gasteiger partial charge in [-0.25, -0.2) is 9.78 Å². The molecule has 0 spiro atoms. The molecule has 0 saturated heterocycles. The highest BCUT2D eigenvalue weighted by Gasteiger charge is 2.13. The maximum absolute atomic E-state index is 11.6. The fraction of sp³-hybridized carbons (Fsp3) is 0.500. The minimum absolute atomic E-state index is 0.169. The normalized spacial score (nSPS) is 13.3. The van der Waals surface area contributed by atoms with E-state index in [4.69, 9.17) is 4.42 Å². The second-order valence-electron chi connectivity index (χ2n) is 4.52. The Morgan fingerprint density at radius 3 is 3.06 bits per heavy atom. The van der Waals surface area contributed by atoms with Crippen molar-refractivity contribution in [2.75, 3.05) is 6.54 Å². The van der Waals surface area contributed by atoms with Gasteiger partial charge in [-0.1, -0.05) is 13.8 Å². The standard InChI is InChI=1S/C12H17N3O3/c1-8(2)14-6-9(16)7-15-11-10(18-12(15)17)4-3-5-13-11/h3-5,8-9,14,16H,6-7H2,1-2H3. The highest BCUT2D eigenvalue weighted by atomic mass is 16.4. The Labute approximate surface area is 104 Å². The van der Waals surface area contributed by atoms with Gasteiger partial charge >= 0.3 is 5.76 Å². The molecule has 1 unspecified atom stereocenters.